The van der Waals surface area contributed by atoms with Crippen LogP contribution in [0.25, 0.3) is 0 Å². The van der Waals surface area contributed by atoms with Gasteiger partial charge in [0.2, 0.25) is 0 Å². The van der Waals surface area contributed by atoms with Crippen LogP contribution in [-0.2, 0) is 0 Å². The van der Waals surface area contributed by atoms with Gasteiger partial charge in [-0.05, 0) is 6.42 Å². The summed E-state index contributed by atoms with van der Waals surface area (Å²) in [6.45, 7) is 17.9. The summed E-state index contributed by atoms with van der Waals surface area (Å²) in [5.74, 6) is 0. The minimum absolute atomic E-state index is 0.999. The first-order valence-electron chi connectivity index (χ1n) is 15.3. The molecule has 0 fully saturated rings. The van der Waals surface area contributed by atoms with Gasteiger partial charge >= 0.3 is 0 Å². The van der Waals surface area contributed by atoms with Crippen LogP contribution in [0.1, 0.15) is 105 Å². The summed E-state index contributed by atoms with van der Waals surface area (Å²) in [5.41, 5.74) is 0. The van der Waals surface area contributed by atoms with Gasteiger partial charge in [0.15, 0.2) is 0 Å². The highest BCUT2D eigenvalue weighted by atomic mass is 79.9. The molecule has 0 aromatic heterocycles. The minimum atomic E-state index is -1.09. The van der Waals surface area contributed by atoms with Gasteiger partial charge in [-0.1, -0.05) is 188 Å². The Hall–Kier alpha value is 1.13. The lowest BCUT2D eigenvalue weighted by Crippen LogP contribution is -2.34. The second kappa shape index (κ2) is 20.2. The molecule has 0 spiro atoms. The SMILES string of the molecule is CCCC[Si](C)(CCCC)CCC[Si](C)(CCCCBr)CCC[Si](C)(CCCC)CCCC. The van der Waals surface area contributed by atoms with Gasteiger partial charge in [0.1, 0.15) is 0 Å². The highest BCUT2D eigenvalue weighted by molar-refractivity contribution is 9.09. The van der Waals surface area contributed by atoms with Gasteiger partial charge in [-0.3, -0.25) is 0 Å². The molecule has 0 aromatic carbocycles. The Bertz CT molecular complexity index is 393. The summed E-state index contributed by atoms with van der Waals surface area (Å²) in [6, 6.07) is 14.5. The monoisotopic (exact) mass is 576 g/mol. The first kappa shape index (κ1) is 34.1. The summed E-state index contributed by atoms with van der Waals surface area (Å²) >= 11 is 3.70. The number of hydrogen-bond donors (Lipinski definition) is 0. The third kappa shape index (κ3) is 17.3. The van der Waals surface area contributed by atoms with Crippen molar-refractivity contribution >= 4 is 40.2 Å². The molecule has 0 N–H and O–H groups in total. The second-order valence-corrected chi connectivity index (χ2v) is 28.9. The lowest BCUT2D eigenvalue weighted by atomic mass is 10.4. The maximum Gasteiger partial charge on any atom is 0.0504 e. The highest BCUT2D eigenvalue weighted by Gasteiger charge is 2.31. The van der Waals surface area contributed by atoms with Crippen molar-refractivity contribution in [3.8, 4) is 0 Å². The summed E-state index contributed by atoms with van der Waals surface area (Å²) < 4.78 is 0. The number of unbranched alkanes of at least 4 members (excludes halogenated alkanes) is 5. The standard InChI is InChI=1S/C29H65BrSi3/c1-8-12-21-31(5,22-13-9-2)26-18-28-33(7,25-17-16-20-30)29-19-27-32(6,23-14-10-3)24-15-11-4/h8-29H2,1-7H3. The fourth-order valence-electron chi connectivity index (χ4n) is 6.07. The molecule has 0 saturated carbocycles. The largest absolute Gasteiger partial charge is 0.0928 e. The molecule has 0 heterocycles. The van der Waals surface area contributed by atoms with Crippen molar-refractivity contribution in [2.24, 2.45) is 0 Å². The Balaban J connectivity index is 4.96. The summed E-state index contributed by atoms with van der Waals surface area (Å²) in [5, 5.41) is 1.20. The maximum absolute atomic E-state index is 3.70. The van der Waals surface area contributed by atoms with E-state index in [2.05, 4.69) is 63.3 Å². The van der Waals surface area contributed by atoms with Crippen LogP contribution in [-0.4, -0.2) is 29.6 Å². The zero-order valence-corrected chi connectivity index (χ0v) is 29.0. The van der Waals surface area contributed by atoms with E-state index in [1.807, 2.05) is 0 Å². The van der Waals surface area contributed by atoms with Crippen LogP contribution < -0.4 is 0 Å². The Labute approximate surface area is 223 Å². The van der Waals surface area contributed by atoms with E-state index in [1.165, 1.54) is 69.5 Å². The summed E-state index contributed by atoms with van der Waals surface area (Å²) in [7, 11) is -3.09. The van der Waals surface area contributed by atoms with Crippen molar-refractivity contribution in [1.82, 2.24) is 0 Å². The topological polar surface area (TPSA) is 0 Å². The van der Waals surface area contributed by atoms with Gasteiger partial charge in [0, 0.05) is 5.33 Å². The fourth-order valence-corrected chi connectivity index (χ4v) is 19.5. The molecule has 0 saturated heterocycles. The Morgan fingerprint density at radius 3 is 0.848 bits per heavy atom. The maximum atomic E-state index is 3.70. The first-order valence-corrected chi connectivity index (χ1v) is 25.8. The predicted octanol–water partition coefficient (Wildman–Crippen LogP) is 12.4. The number of rotatable bonds is 24. The molecule has 0 nitrogen and oxygen atoms in total. The van der Waals surface area contributed by atoms with E-state index in [0.29, 0.717) is 0 Å². The van der Waals surface area contributed by atoms with Gasteiger partial charge in [0.05, 0.1) is 24.2 Å². The van der Waals surface area contributed by atoms with Crippen molar-refractivity contribution in [3.05, 3.63) is 0 Å². The average molecular weight is 578 g/mol. The average Bonchev–Trinajstić information content (AvgIpc) is 2.79. The second-order valence-electron chi connectivity index (χ2n) is 12.7. The molecule has 0 atom stereocenters. The van der Waals surface area contributed by atoms with E-state index in [9.17, 15) is 0 Å². The smallest absolute Gasteiger partial charge is 0.0504 e. The summed E-state index contributed by atoms with van der Waals surface area (Å²) in [6.07, 6.45) is 17.6. The molecular weight excluding hydrogens is 512 g/mol. The van der Waals surface area contributed by atoms with E-state index in [4.69, 9.17) is 0 Å². The quantitative estimate of drug-likeness (QED) is 0.0608. The third-order valence-corrected chi connectivity index (χ3v) is 23.4. The third-order valence-electron chi connectivity index (χ3n) is 8.82. The van der Waals surface area contributed by atoms with Gasteiger partial charge in [-0.15, -0.1) is 0 Å². The van der Waals surface area contributed by atoms with Gasteiger partial charge in [-0.2, -0.15) is 0 Å². The zero-order valence-electron chi connectivity index (χ0n) is 24.4. The molecular formula is C29H65BrSi3. The molecule has 0 rings (SSSR count). The molecule has 0 aliphatic heterocycles. The first-order chi connectivity index (χ1) is 15.7. The van der Waals surface area contributed by atoms with Crippen molar-refractivity contribution in [2.45, 2.75) is 179 Å². The molecule has 4 heteroatoms. The Morgan fingerprint density at radius 2 is 0.606 bits per heavy atom. The molecule has 0 amide bonds. The Kier molecular flexibility index (Phi) is 20.9. The predicted molar refractivity (Wildman–Crippen MR) is 170 cm³/mol. The zero-order chi connectivity index (χ0) is 25.1. The number of hydrogen-bond acceptors (Lipinski definition) is 0. The molecule has 0 aliphatic rings. The molecule has 33 heavy (non-hydrogen) atoms. The van der Waals surface area contributed by atoms with Crippen molar-refractivity contribution in [2.75, 3.05) is 5.33 Å². The van der Waals surface area contributed by atoms with Gasteiger partial charge in [-0.25, -0.2) is 0 Å². The van der Waals surface area contributed by atoms with E-state index in [-0.39, 0.29) is 0 Å². The van der Waals surface area contributed by atoms with Crippen LogP contribution in [0.15, 0.2) is 0 Å². The molecule has 0 aromatic rings. The molecule has 0 radical (unpaired) electrons. The highest BCUT2D eigenvalue weighted by Crippen LogP contribution is 2.35. The van der Waals surface area contributed by atoms with Crippen LogP contribution in [0.2, 0.25) is 74.0 Å². The lowest BCUT2D eigenvalue weighted by Gasteiger charge is -2.33. The van der Waals surface area contributed by atoms with Crippen molar-refractivity contribution < 1.29 is 0 Å². The molecule has 0 aliphatic carbocycles. The van der Waals surface area contributed by atoms with E-state index in [1.54, 1.807) is 67.2 Å². The lowest BCUT2D eigenvalue weighted by molar-refractivity contribution is 0.803. The number of alkyl halides is 1. The Morgan fingerprint density at radius 1 is 0.364 bits per heavy atom. The van der Waals surface area contributed by atoms with Crippen molar-refractivity contribution in [1.29, 1.82) is 0 Å². The molecule has 0 unspecified atom stereocenters. The molecule has 0 bridgehead atoms. The molecule has 200 valence electrons. The van der Waals surface area contributed by atoms with E-state index in [0.717, 1.165) is 0 Å². The van der Waals surface area contributed by atoms with Gasteiger partial charge in [0.25, 0.3) is 0 Å². The van der Waals surface area contributed by atoms with Crippen LogP contribution in [0.3, 0.4) is 0 Å². The van der Waals surface area contributed by atoms with E-state index < -0.39 is 24.2 Å². The van der Waals surface area contributed by atoms with Crippen LogP contribution in [0.5, 0.6) is 0 Å². The summed E-state index contributed by atoms with van der Waals surface area (Å²) in [4.78, 5) is 0. The number of halogens is 1. The van der Waals surface area contributed by atoms with Crippen LogP contribution in [0, 0.1) is 0 Å². The van der Waals surface area contributed by atoms with Crippen LogP contribution in [0.4, 0.5) is 0 Å². The minimum Gasteiger partial charge on any atom is -0.0928 e. The fraction of sp³-hybridized carbons (Fsp3) is 1.00. The van der Waals surface area contributed by atoms with Crippen molar-refractivity contribution in [3.63, 3.8) is 0 Å². The van der Waals surface area contributed by atoms with Gasteiger partial charge < -0.3 is 0 Å². The van der Waals surface area contributed by atoms with Crippen LogP contribution >= 0.6 is 15.9 Å². The normalized spacial score (nSPS) is 13.1. The van der Waals surface area contributed by atoms with E-state index >= 15 is 0 Å².